The SMILES string of the molecule is CCC(C)(O)c1ccc(C)c(B2OC(C)(C)C(C)(C)O2)c1.Fc1cc(F)c(F)c(F)c1F. The van der Waals surface area contributed by atoms with Crippen molar-refractivity contribution < 1.29 is 36.4 Å². The monoisotopic (exact) mass is 458 g/mol. The van der Waals surface area contributed by atoms with Gasteiger partial charge in [0.1, 0.15) is 0 Å². The summed E-state index contributed by atoms with van der Waals surface area (Å²) in [4.78, 5) is 0. The highest BCUT2D eigenvalue weighted by atomic mass is 19.2. The van der Waals surface area contributed by atoms with Crippen LogP contribution in [0.3, 0.4) is 0 Å². The minimum absolute atomic E-state index is 0.0618. The predicted octanol–water partition coefficient (Wildman–Crippen LogP) is 5.29. The molecule has 0 spiro atoms. The maximum Gasteiger partial charge on any atom is 0.495 e. The number of benzene rings is 2. The fraction of sp³-hybridized carbons (Fsp3) is 0.478. The molecular formula is C23H28BF5O3. The van der Waals surface area contributed by atoms with Crippen LogP contribution in [0.15, 0.2) is 24.3 Å². The molecule has 2 aromatic rings. The van der Waals surface area contributed by atoms with Gasteiger partial charge in [-0.15, -0.1) is 0 Å². The van der Waals surface area contributed by atoms with Crippen molar-refractivity contribution in [1.29, 1.82) is 0 Å². The van der Waals surface area contributed by atoms with Crippen LogP contribution in [0, 0.1) is 36.0 Å². The van der Waals surface area contributed by atoms with Gasteiger partial charge in [-0.3, -0.25) is 0 Å². The van der Waals surface area contributed by atoms with Gasteiger partial charge in [0.25, 0.3) is 0 Å². The molecule has 3 nitrogen and oxygen atoms in total. The summed E-state index contributed by atoms with van der Waals surface area (Å²) in [6, 6.07) is 5.96. The maximum absolute atomic E-state index is 12.0. The van der Waals surface area contributed by atoms with Crippen LogP contribution in [-0.4, -0.2) is 23.4 Å². The Balaban J connectivity index is 0.000000278. The predicted molar refractivity (Wildman–Crippen MR) is 113 cm³/mol. The molecule has 9 heteroatoms. The summed E-state index contributed by atoms with van der Waals surface area (Å²) in [6.07, 6.45) is 0.666. The third-order valence-electron chi connectivity index (χ3n) is 6.15. The van der Waals surface area contributed by atoms with Crippen molar-refractivity contribution >= 4 is 12.6 Å². The molecule has 0 aliphatic carbocycles. The lowest BCUT2D eigenvalue weighted by Gasteiger charge is -2.32. The van der Waals surface area contributed by atoms with Gasteiger partial charge in [-0.25, -0.2) is 22.0 Å². The molecule has 2 aromatic carbocycles. The number of rotatable bonds is 3. The standard InChI is InChI=1S/C17H27BO3.C6HF5/c1-8-17(7,19)13-10-9-12(2)14(11-13)18-20-15(3,4)16(5,6)21-18;7-2-1-3(8)5(10)6(11)4(2)9/h9-11,19H,8H2,1-7H3;1H. The van der Waals surface area contributed by atoms with Crippen molar-refractivity contribution in [2.75, 3.05) is 0 Å². The molecule has 0 aromatic heterocycles. The van der Waals surface area contributed by atoms with Gasteiger partial charge < -0.3 is 14.4 Å². The molecule has 3 rings (SSSR count). The van der Waals surface area contributed by atoms with Crippen LogP contribution in [-0.2, 0) is 14.9 Å². The molecule has 1 unspecified atom stereocenters. The van der Waals surface area contributed by atoms with Crippen molar-refractivity contribution in [3.8, 4) is 0 Å². The van der Waals surface area contributed by atoms with Gasteiger partial charge in [-0.2, -0.15) is 0 Å². The van der Waals surface area contributed by atoms with Crippen molar-refractivity contribution in [3.63, 3.8) is 0 Å². The van der Waals surface area contributed by atoms with E-state index in [0.717, 1.165) is 16.6 Å². The van der Waals surface area contributed by atoms with E-state index < -0.39 is 34.7 Å². The van der Waals surface area contributed by atoms with Gasteiger partial charge in [-0.05, 0) is 59.0 Å². The van der Waals surface area contributed by atoms with E-state index in [1.165, 1.54) is 0 Å². The Hall–Kier alpha value is -1.97. The normalized spacial score (nSPS) is 18.7. The number of hydrogen-bond acceptors (Lipinski definition) is 3. The Morgan fingerprint density at radius 1 is 0.875 bits per heavy atom. The molecule has 0 saturated carbocycles. The Morgan fingerprint density at radius 3 is 1.78 bits per heavy atom. The van der Waals surface area contributed by atoms with E-state index in [-0.39, 0.29) is 24.4 Å². The molecule has 0 bridgehead atoms. The molecule has 1 saturated heterocycles. The Labute approximate surface area is 185 Å². The molecule has 1 aliphatic rings. The molecule has 1 heterocycles. The molecule has 1 aliphatic heterocycles. The van der Waals surface area contributed by atoms with E-state index in [1.54, 1.807) is 0 Å². The van der Waals surface area contributed by atoms with E-state index in [9.17, 15) is 27.1 Å². The molecule has 0 radical (unpaired) electrons. The highest BCUT2D eigenvalue weighted by molar-refractivity contribution is 6.62. The van der Waals surface area contributed by atoms with Crippen LogP contribution >= 0.6 is 0 Å². The van der Waals surface area contributed by atoms with Crippen molar-refractivity contribution in [2.24, 2.45) is 0 Å². The summed E-state index contributed by atoms with van der Waals surface area (Å²) >= 11 is 0. The lowest BCUT2D eigenvalue weighted by Crippen LogP contribution is -2.41. The van der Waals surface area contributed by atoms with E-state index in [2.05, 4.69) is 0 Å². The summed E-state index contributed by atoms with van der Waals surface area (Å²) in [7, 11) is -0.386. The van der Waals surface area contributed by atoms with Crippen molar-refractivity contribution in [1.82, 2.24) is 0 Å². The summed E-state index contributed by atoms with van der Waals surface area (Å²) in [5.74, 6) is -9.65. The second-order valence-corrected chi connectivity index (χ2v) is 9.07. The minimum atomic E-state index is -2.14. The van der Waals surface area contributed by atoms with Gasteiger partial charge in [0.05, 0.1) is 16.8 Å². The zero-order valence-corrected chi connectivity index (χ0v) is 19.2. The molecule has 1 fully saturated rings. The van der Waals surface area contributed by atoms with Crippen molar-refractivity contribution in [2.45, 2.75) is 71.7 Å². The third kappa shape index (κ3) is 5.16. The molecule has 32 heavy (non-hydrogen) atoms. The first-order valence-corrected chi connectivity index (χ1v) is 10.2. The Morgan fingerprint density at radius 2 is 1.34 bits per heavy atom. The topological polar surface area (TPSA) is 38.7 Å². The Kier molecular flexibility index (Phi) is 7.49. The number of hydrogen-bond donors (Lipinski definition) is 1. The van der Waals surface area contributed by atoms with Crippen LogP contribution in [0.5, 0.6) is 0 Å². The number of aryl methyl sites for hydroxylation is 1. The number of aliphatic hydroxyl groups is 1. The maximum atomic E-state index is 12.0. The van der Waals surface area contributed by atoms with E-state index >= 15 is 0 Å². The van der Waals surface area contributed by atoms with Crippen LogP contribution in [0.4, 0.5) is 22.0 Å². The highest BCUT2D eigenvalue weighted by Gasteiger charge is 2.52. The van der Waals surface area contributed by atoms with Gasteiger partial charge >= 0.3 is 7.12 Å². The van der Waals surface area contributed by atoms with Gasteiger partial charge in [0, 0.05) is 6.07 Å². The van der Waals surface area contributed by atoms with Crippen LogP contribution in [0.1, 0.15) is 59.1 Å². The average Bonchev–Trinajstić information content (AvgIpc) is 2.92. The lowest BCUT2D eigenvalue weighted by molar-refractivity contribution is 0.00578. The average molecular weight is 458 g/mol. The lowest BCUT2D eigenvalue weighted by atomic mass is 9.74. The van der Waals surface area contributed by atoms with Crippen LogP contribution in [0.2, 0.25) is 0 Å². The zero-order valence-electron chi connectivity index (χ0n) is 19.2. The first-order valence-electron chi connectivity index (χ1n) is 10.2. The fourth-order valence-electron chi connectivity index (χ4n) is 2.95. The number of halogens is 5. The highest BCUT2D eigenvalue weighted by Crippen LogP contribution is 2.37. The fourth-order valence-corrected chi connectivity index (χ4v) is 2.95. The summed E-state index contributed by atoms with van der Waals surface area (Å²) in [6.45, 7) is 14.1. The second-order valence-electron chi connectivity index (χ2n) is 9.07. The third-order valence-corrected chi connectivity index (χ3v) is 6.15. The largest absolute Gasteiger partial charge is 0.495 e. The zero-order chi connectivity index (χ0) is 24.6. The van der Waals surface area contributed by atoms with E-state index in [1.807, 2.05) is 66.7 Å². The van der Waals surface area contributed by atoms with E-state index in [4.69, 9.17) is 9.31 Å². The van der Waals surface area contributed by atoms with Gasteiger partial charge in [0.2, 0.25) is 5.82 Å². The summed E-state index contributed by atoms with van der Waals surface area (Å²) < 4.78 is 72.3. The first-order chi connectivity index (χ1) is 14.5. The molecule has 0 amide bonds. The van der Waals surface area contributed by atoms with Gasteiger partial charge in [-0.1, -0.05) is 30.7 Å². The minimum Gasteiger partial charge on any atom is -0.399 e. The van der Waals surface area contributed by atoms with E-state index in [0.29, 0.717) is 6.42 Å². The van der Waals surface area contributed by atoms with Crippen molar-refractivity contribution in [3.05, 3.63) is 64.5 Å². The molecular weight excluding hydrogens is 430 g/mol. The first kappa shape index (κ1) is 26.3. The quantitative estimate of drug-likeness (QED) is 0.294. The molecule has 1 atom stereocenters. The molecule has 176 valence electrons. The van der Waals surface area contributed by atoms with Gasteiger partial charge in [0.15, 0.2) is 23.3 Å². The smallest absolute Gasteiger partial charge is 0.399 e. The van der Waals surface area contributed by atoms with Crippen LogP contribution in [0.25, 0.3) is 0 Å². The summed E-state index contributed by atoms with van der Waals surface area (Å²) in [5.41, 5.74) is 1.48. The van der Waals surface area contributed by atoms with Crippen LogP contribution < -0.4 is 5.46 Å². The summed E-state index contributed by atoms with van der Waals surface area (Å²) in [5, 5.41) is 10.5. The Bertz CT molecular complexity index is 950. The second kappa shape index (κ2) is 9.12. The molecule has 1 N–H and O–H groups in total.